The monoisotopic (exact) mass is 479 g/mol. The van der Waals surface area contributed by atoms with Crippen LogP contribution < -0.4 is 10.1 Å². The number of hydrogen-bond acceptors (Lipinski definition) is 6. The van der Waals surface area contributed by atoms with E-state index in [-0.39, 0.29) is 24.8 Å². The van der Waals surface area contributed by atoms with Gasteiger partial charge in [0.25, 0.3) is 5.91 Å². The first-order valence-electron chi connectivity index (χ1n) is 10.5. The number of ether oxygens (including phenoxy) is 1. The van der Waals surface area contributed by atoms with Crippen LogP contribution in [-0.2, 0) is 4.79 Å². The molecular formula is C24H22FN5O3S. The van der Waals surface area contributed by atoms with Gasteiger partial charge in [0.1, 0.15) is 18.1 Å². The summed E-state index contributed by atoms with van der Waals surface area (Å²) < 4.78 is 20.6. The maximum atomic E-state index is 13.9. The molecule has 0 bridgehead atoms. The van der Waals surface area contributed by atoms with Crippen molar-refractivity contribution in [2.24, 2.45) is 0 Å². The van der Waals surface area contributed by atoms with Crippen LogP contribution in [0.15, 0.2) is 66.0 Å². The average Bonchev–Trinajstić information content (AvgIpc) is 3.52. The predicted octanol–water partition coefficient (Wildman–Crippen LogP) is 4.24. The van der Waals surface area contributed by atoms with Crippen LogP contribution in [0.3, 0.4) is 0 Å². The number of nitrogens with one attached hydrogen (secondary N) is 1. The molecule has 174 valence electrons. The molecule has 2 amide bonds. The van der Waals surface area contributed by atoms with Crippen LogP contribution in [0.2, 0.25) is 0 Å². The number of rotatable bonds is 8. The Morgan fingerprint density at radius 3 is 2.68 bits per heavy atom. The lowest BCUT2D eigenvalue weighted by molar-refractivity contribution is -0.116. The minimum Gasteiger partial charge on any atom is -0.495 e. The van der Waals surface area contributed by atoms with E-state index in [1.54, 1.807) is 43.3 Å². The van der Waals surface area contributed by atoms with Crippen molar-refractivity contribution in [2.75, 3.05) is 25.5 Å². The second-order valence-corrected chi connectivity index (χ2v) is 8.14. The highest BCUT2D eigenvalue weighted by molar-refractivity contribution is 7.13. The average molecular weight is 480 g/mol. The first-order chi connectivity index (χ1) is 16.5. The molecule has 2 aromatic carbocycles. The van der Waals surface area contributed by atoms with Gasteiger partial charge in [0.2, 0.25) is 11.7 Å². The third kappa shape index (κ3) is 4.96. The smallest absolute Gasteiger partial charge is 0.294 e. The standard InChI is InChI=1S/C24H22FN5O3S/c1-3-29(15-21(31)26-18-10-4-5-11-19(18)33-2)24(32)22-27-23(20-12-7-13-34-20)30(28-22)17-9-6-8-16(25)14-17/h4-14H,3,15H2,1-2H3,(H,26,31). The lowest BCUT2D eigenvalue weighted by Gasteiger charge is -2.19. The molecule has 10 heteroatoms. The number of amides is 2. The van der Waals surface area contributed by atoms with Crippen molar-refractivity contribution in [3.05, 3.63) is 77.7 Å². The Labute approximate surface area is 199 Å². The third-order valence-electron chi connectivity index (χ3n) is 4.98. The molecule has 0 saturated heterocycles. The number of para-hydroxylation sites is 2. The van der Waals surface area contributed by atoms with Gasteiger partial charge in [-0.25, -0.2) is 14.1 Å². The van der Waals surface area contributed by atoms with E-state index in [2.05, 4.69) is 15.4 Å². The normalized spacial score (nSPS) is 10.7. The van der Waals surface area contributed by atoms with E-state index in [1.807, 2.05) is 17.5 Å². The largest absolute Gasteiger partial charge is 0.495 e. The van der Waals surface area contributed by atoms with Crippen LogP contribution in [0.25, 0.3) is 16.4 Å². The molecule has 0 radical (unpaired) electrons. The Kier molecular flexibility index (Phi) is 6.98. The van der Waals surface area contributed by atoms with Crippen LogP contribution in [0.5, 0.6) is 5.75 Å². The van der Waals surface area contributed by atoms with Crippen LogP contribution in [0.4, 0.5) is 10.1 Å². The topological polar surface area (TPSA) is 89.4 Å². The first kappa shape index (κ1) is 23.1. The maximum Gasteiger partial charge on any atom is 0.294 e. The summed E-state index contributed by atoms with van der Waals surface area (Å²) in [5, 5.41) is 9.00. The summed E-state index contributed by atoms with van der Waals surface area (Å²) in [4.78, 5) is 32.4. The Balaban J connectivity index is 1.59. The molecule has 34 heavy (non-hydrogen) atoms. The molecule has 0 aliphatic carbocycles. The van der Waals surface area contributed by atoms with Crippen LogP contribution >= 0.6 is 11.3 Å². The number of likely N-dealkylation sites (N-methyl/N-ethyl adjacent to an activating group) is 1. The number of hydrogen-bond donors (Lipinski definition) is 1. The van der Waals surface area contributed by atoms with Crippen molar-refractivity contribution in [2.45, 2.75) is 6.92 Å². The lowest BCUT2D eigenvalue weighted by Crippen LogP contribution is -2.38. The summed E-state index contributed by atoms with van der Waals surface area (Å²) in [6.45, 7) is 1.83. The molecule has 0 atom stereocenters. The summed E-state index contributed by atoms with van der Waals surface area (Å²) in [6.07, 6.45) is 0. The van der Waals surface area contributed by atoms with Crippen LogP contribution in [0, 0.1) is 5.82 Å². The number of nitrogens with zero attached hydrogens (tertiary/aromatic N) is 4. The number of aromatic nitrogens is 3. The number of carbonyl (C=O) groups excluding carboxylic acids is 2. The van der Waals surface area contributed by atoms with Gasteiger partial charge in [-0.3, -0.25) is 9.59 Å². The lowest BCUT2D eigenvalue weighted by atomic mass is 10.3. The highest BCUT2D eigenvalue weighted by Gasteiger charge is 2.25. The Morgan fingerprint density at radius 1 is 1.15 bits per heavy atom. The maximum absolute atomic E-state index is 13.9. The fourth-order valence-corrected chi connectivity index (χ4v) is 4.03. The molecule has 0 fully saturated rings. The first-order valence-corrected chi connectivity index (χ1v) is 11.4. The molecular weight excluding hydrogens is 457 g/mol. The zero-order valence-corrected chi connectivity index (χ0v) is 19.4. The Bertz CT molecular complexity index is 1310. The van der Waals surface area contributed by atoms with Crippen LogP contribution in [-0.4, -0.2) is 51.7 Å². The van der Waals surface area contributed by atoms with E-state index in [4.69, 9.17) is 4.74 Å². The molecule has 0 unspecified atom stereocenters. The highest BCUT2D eigenvalue weighted by Crippen LogP contribution is 2.26. The van der Waals surface area contributed by atoms with Crippen molar-refractivity contribution in [1.29, 1.82) is 0 Å². The predicted molar refractivity (Wildman–Crippen MR) is 128 cm³/mol. The molecule has 0 aliphatic rings. The molecule has 0 saturated carbocycles. The van der Waals surface area contributed by atoms with E-state index in [9.17, 15) is 14.0 Å². The van der Waals surface area contributed by atoms with Gasteiger partial charge in [0, 0.05) is 6.54 Å². The van der Waals surface area contributed by atoms with E-state index in [1.165, 1.54) is 40.2 Å². The molecule has 4 aromatic rings. The fraction of sp³-hybridized carbons (Fsp3) is 0.167. The molecule has 4 rings (SSSR count). The van der Waals surface area contributed by atoms with Gasteiger partial charge in [-0.15, -0.1) is 16.4 Å². The second kappa shape index (κ2) is 10.3. The number of anilines is 1. The zero-order chi connectivity index (χ0) is 24.1. The molecule has 8 nitrogen and oxygen atoms in total. The number of benzene rings is 2. The molecule has 0 spiro atoms. The summed E-state index contributed by atoms with van der Waals surface area (Å²) in [5.74, 6) is -0.478. The van der Waals surface area contributed by atoms with Gasteiger partial charge in [-0.05, 0) is 48.7 Å². The number of thiophene rings is 1. The number of methoxy groups -OCH3 is 1. The molecule has 0 aliphatic heterocycles. The van der Waals surface area contributed by atoms with E-state index in [0.717, 1.165) is 4.88 Å². The third-order valence-corrected chi connectivity index (χ3v) is 5.84. The SMILES string of the molecule is CCN(CC(=O)Nc1ccccc1OC)C(=O)c1nc(-c2cccs2)n(-c2cccc(F)c2)n1. The Hall–Kier alpha value is -4.05. The summed E-state index contributed by atoms with van der Waals surface area (Å²) in [5.41, 5.74) is 0.943. The second-order valence-electron chi connectivity index (χ2n) is 7.20. The summed E-state index contributed by atoms with van der Waals surface area (Å²) in [7, 11) is 1.51. The summed E-state index contributed by atoms with van der Waals surface area (Å²) in [6, 6.07) is 16.6. The minimum absolute atomic E-state index is 0.0837. The van der Waals surface area contributed by atoms with Crippen molar-refractivity contribution in [3.63, 3.8) is 0 Å². The van der Waals surface area contributed by atoms with Gasteiger partial charge < -0.3 is 15.0 Å². The van der Waals surface area contributed by atoms with Crippen molar-refractivity contribution in [1.82, 2.24) is 19.7 Å². The summed E-state index contributed by atoms with van der Waals surface area (Å²) >= 11 is 1.43. The minimum atomic E-state index is -0.509. The van der Waals surface area contributed by atoms with Gasteiger partial charge >= 0.3 is 0 Å². The van der Waals surface area contributed by atoms with Crippen LogP contribution in [0.1, 0.15) is 17.5 Å². The van der Waals surface area contributed by atoms with E-state index < -0.39 is 11.7 Å². The van der Waals surface area contributed by atoms with Gasteiger partial charge in [-0.2, -0.15) is 0 Å². The van der Waals surface area contributed by atoms with Crippen molar-refractivity contribution in [3.8, 4) is 22.1 Å². The zero-order valence-electron chi connectivity index (χ0n) is 18.6. The molecule has 2 aromatic heterocycles. The van der Waals surface area contributed by atoms with Crippen molar-refractivity contribution < 1.29 is 18.7 Å². The fourth-order valence-electron chi connectivity index (χ4n) is 3.34. The highest BCUT2D eigenvalue weighted by atomic mass is 32.1. The molecule has 1 N–H and O–H groups in total. The van der Waals surface area contributed by atoms with Crippen molar-refractivity contribution >= 4 is 28.8 Å². The van der Waals surface area contributed by atoms with Gasteiger partial charge in [-0.1, -0.05) is 24.3 Å². The van der Waals surface area contributed by atoms with Gasteiger partial charge in [0.15, 0.2) is 5.82 Å². The quantitative estimate of drug-likeness (QED) is 0.408. The van der Waals surface area contributed by atoms with Gasteiger partial charge in [0.05, 0.1) is 23.4 Å². The van der Waals surface area contributed by atoms with E-state index in [0.29, 0.717) is 22.9 Å². The number of carbonyl (C=O) groups is 2. The Morgan fingerprint density at radius 2 is 1.97 bits per heavy atom. The number of halogens is 1. The van der Waals surface area contributed by atoms with E-state index >= 15 is 0 Å². The molecule has 2 heterocycles.